The van der Waals surface area contributed by atoms with Gasteiger partial charge in [-0.1, -0.05) is 13.8 Å². The third-order valence-corrected chi connectivity index (χ3v) is 3.92. The first-order valence-electron chi connectivity index (χ1n) is 6.30. The fourth-order valence-corrected chi connectivity index (χ4v) is 2.87. The van der Waals surface area contributed by atoms with E-state index in [4.69, 9.17) is 9.72 Å². The second-order valence-electron chi connectivity index (χ2n) is 4.36. The first-order chi connectivity index (χ1) is 8.31. The predicted molar refractivity (Wildman–Crippen MR) is 72.1 cm³/mol. The normalized spacial score (nSPS) is 18.4. The number of nitrogens with zero attached hydrogens (tertiary/aromatic N) is 2. The number of hydrogen-bond donors (Lipinski definition) is 1. The van der Waals surface area contributed by atoms with Crippen molar-refractivity contribution in [3.8, 4) is 0 Å². The second kappa shape index (κ2) is 6.33. The van der Waals surface area contributed by atoms with E-state index in [1.807, 2.05) is 0 Å². The minimum atomic E-state index is 0.487. The number of rotatable bonds is 5. The maximum absolute atomic E-state index is 5.35. The fraction of sp³-hybridized carbons (Fsp3) is 0.750. The van der Waals surface area contributed by atoms with E-state index >= 15 is 0 Å². The SMILES string of the molecule is CCNCC(C)c1csc(N2CCOCC2)n1. The van der Waals surface area contributed by atoms with Crippen LogP contribution in [0.4, 0.5) is 5.13 Å². The summed E-state index contributed by atoms with van der Waals surface area (Å²) in [5, 5.41) is 6.70. The number of aromatic nitrogens is 1. The summed E-state index contributed by atoms with van der Waals surface area (Å²) in [5.74, 6) is 0.487. The summed E-state index contributed by atoms with van der Waals surface area (Å²) in [4.78, 5) is 7.05. The van der Waals surface area contributed by atoms with Gasteiger partial charge in [-0.3, -0.25) is 0 Å². The Morgan fingerprint density at radius 3 is 3.00 bits per heavy atom. The molecule has 1 atom stereocenters. The zero-order valence-electron chi connectivity index (χ0n) is 10.6. The fourth-order valence-electron chi connectivity index (χ4n) is 1.87. The Hall–Kier alpha value is -0.650. The molecule has 1 N–H and O–H groups in total. The zero-order chi connectivity index (χ0) is 12.1. The van der Waals surface area contributed by atoms with E-state index in [1.165, 1.54) is 5.69 Å². The topological polar surface area (TPSA) is 37.4 Å². The summed E-state index contributed by atoms with van der Waals surface area (Å²) in [5.41, 5.74) is 1.21. The van der Waals surface area contributed by atoms with Crippen LogP contribution in [0.2, 0.25) is 0 Å². The highest BCUT2D eigenvalue weighted by molar-refractivity contribution is 7.13. The quantitative estimate of drug-likeness (QED) is 0.869. The van der Waals surface area contributed by atoms with Gasteiger partial charge in [-0.15, -0.1) is 11.3 Å². The van der Waals surface area contributed by atoms with Gasteiger partial charge in [-0.2, -0.15) is 0 Å². The lowest BCUT2D eigenvalue weighted by molar-refractivity contribution is 0.122. The van der Waals surface area contributed by atoms with Crippen molar-refractivity contribution in [2.75, 3.05) is 44.3 Å². The number of hydrogen-bond acceptors (Lipinski definition) is 5. The predicted octanol–water partition coefficient (Wildman–Crippen LogP) is 1.69. The van der Waals surface area contributed by atoms with Crippen LogP contribution in [0.1, 0.15) is 25.5 Å². The zero-order valence-corrected chi connectivity index (χ0v) is 11.4. The van der Waals surface area contributed by atoms with Crippen LogP contribution < -0.4 is 10.2 Å². The summed E-state index contributed by atoms with van der Waals surface area (Å²) in [6.07, 6.45) is 0. The van der Waals surface area contributed by atoms with Crippen LogP contribution in [0.15, 0.2) is 5.38 Å². The van der Waals surface area contributed by atoms with Crippen molar-refractivity contribution in [1.82, 2.24) is 10.3 Å². The minimum Gasteiger partial charge on any atom is -0.378 e. The first-order valence-corrected chi connectivity index (χ1v) is 7.18. The number of anilines is 1. The van der Waals surface area contributed by atoms with E-state index in [1.54, 1.807) is 11.3 Å². The van der Waals surface area contributed by atoms with E-state index in [2.05, 4.69) is 29.4 Å². The van der Waals surface area contributed by atoms with Crippen molar-refractivity contribution < 1.29 is 4.74 Å². The molecule has 0 aromatic carbocycles. The van der Waals surface area contributed by atoms with Crippen LogP contribution in [0.3, 0.4) is 0 Å². The second-order valence-corrected chi connectivity index (χ2v) is 5.20. The molecule has 2 rings (SSSR count). The summed E-state index contributed by atoms with van der Waals surface area (Å²) in [6.45, 7) is 9.95. The van der Waals surface area contributed by atoms with Crippen LogP contribution in [-0.2, 0) is 4.74 Å². The maximum Gasteiger partial charge on any atom is 0.185 e. The van der Waals surface area contributed by atoms with Crippen molar-refractivity contribution in [2.45, 2.75) is 19.8 Å². The highest BCUT2D eigenvalue weighted by Gasteiger charge is 2.16. The Morgan fingerprint density at radius 1 is 1.53 bits per heavy atom. The van der Waals surface area contributed by atoms with Gasteiger partial charge in [0.15, 0.2) is 5.13 Å². The van der Waals surface area contributed by atoms with Crippen LogP contribution >= 0.6 is 11.3 Å². The van der Waals surface area contributed by atoms with E-state index in [9.17, 15) is 0 Å². The standard InChI is InChI=1S/C12H21N3OS/c1-3-13-8-10(2)11-9-17-12(14-11)15-4-6-16-7-5-15/h9-10,13H,3-8H2,1-2H3. The third-order valence-electron chi connectivity index (χ3n) is 3.00. The molecule has 0 aliphatic carbocycles. The summed E-state index contributed by atoms with van der Waals surface area (Å²) < 4.78 is 5.35. The van der Waals surface area contributed by atoms with Crippen LogP contribution in [0, 0.1) is 0 Å². The molecule has 2 heterocycles. The van der Waals surface area contributed by atoms with Crippen molar-refractivity contribution in [2.24, 2.45) is 0 Å². The Kier molecular flexibility index (Phi) is 4.76. The largest absolute Gasteiger partial charge is 0.378 e. The molecule has 1 aliphatic rings. The lowest BCUT2D eigenvalue weighted by Crippen LogP contribution is -2.36. The van der Waals surface area contributed by atoms with E-state index < -0.39 is 0 Å². The van der Waals surface area contributed by atoms with Gasteiger partial charge in [-0.05, 0) is 6.54 Å². The van der Waals surface area contributed by atoms with Crippen molar-refractivity contribution in [3.05, 3.63) is 11.1 Å². The Morgan fingerprint density at radius 2 is 2.29 bits per heavy atom. The molecule has 5 heteroatoms. The lowest BCUT2D eigenvalue weighted by Gasteiger charge is -2.26. The number of nitrogens with one attached hydrogen (secondary N) is 1. The van der Waals surface area contributed by atoms with E-state index in [-0.39, 0.29) is 0 Å². The smallest absolute Gasteiger partial charge is 0.185 e. The average molecular weight is 255 g/mol. The van der Waals surface area contributed by atoms with Crippen LogP contribution in [-0.4, -0.2) is 44.4 Å². The van der Waals surface area contributed by atoms with Gasteiger partial charge in [-0.25, -0.2) is 4.98 Å². The molecule has 4 nitrogen and oxygen atoms in total. The molecule has 1 aromatic heterocycles. The lowest BCUT2D eigenvalue weighted by atomic mass is 10.1. The van der Waals surface area contributed by atoms with Crippen molar-refractivity contribution in [1.29, 1.82) is 0 Å². The molecule has 1 saturated heterocycles. The Balaban J connectivity index is 1.94. The van der Waals surface area contributed by atoms with Gasteiger partial charge >= 0.3 is 0 Å². The molecule has 0 spiro atoms. The molecule has 1 aliphatic heterocycles. The van der Waals surface area contributed by atoms with Gasteiger partial charge in [0.2, 0.25) is 0 Å². The minimum absolute atomic E-state index is 0.487. The van der Waals surface area contributed by atoms with Gasteiger partial charge in [0.1, 0.15) is 0 Å². The third kappa shape index (κ3) is 3.40. The van der Waals surface area contributed by atoms with Crippen molar-refractivity contribution in [3.63, 3.8) is 0 Å². The monoisotopic (exact) mass is 255 g/mol. The molecule has 0 saturated carbocycles. The molecule has 1 fully saturated rings. The Bertz CT molecular complexity index is 336. The molecule has 0 bridgehead atoms. The summed E-state index contributed by atoms with van der Waals surface area (Å²) in [6, 6.07) is 0. The maximum atomic E-state index is 5.35. The molecule has 0 amide bonds. The number of thiazole rings is 1. The highest BCUT2D eigenvalue weighted by Crippen LogP contribution is 2.25. The number of morpholine rings is 1. The van der Waals surface area contributed by atoms with Crippen molar-refractivity contribution >= 4 is 16.5 Å². The molecule has 17 heavy (non-hydrogen) atoms. The Labute approximate surface area is 107 Å². The van der Waals surface area contributed by atoms with Gasteiger partial charge < -0.3 is 15.0 Å². The first kappa shape index (κ1) is 12.8. The molecule has 1 unspecified atom stereocenters. The van der Waals surface area contributed by atoms with Crippen LogP contribution in [0.25, 0.3) is 0 Å². The van der Waals surface area contributed by atoms with Crippen LogP contribution in [0.5, 0.6) is 0 Å². The van der Waals surface area contributed by atoms with Gasteiger partial charge in [0, 0.05) is 30.9 Å². The van der Waals surface area contributed by atoms with E-state index in [0.29, 0.717) is 5.92 Å². The summed E-state index contributed by atoms with van der Waals surface area (Å²) in [7, 11) is 0. The molecular formula is C12H21N3OS. The van der Waals surface area contributed by atoms with Gasteiger partial charge in [0.25, 0.3) is 0 Å². The molecule has 1 aromatic rings. The van der Waals surface area contributed by atoms with Gasteiger partial charge in [0.05, 0.1) is 18.9 Å². The highest BCUT2D eigenvalue weighted by atomic mass is 32.1. The van der Waals surface area contributed by atoms with E-state index in [0.717, 1.165) is 44.5 Å². The number of likely N-dealkylation sites (N-methyl/N-ethyl adjacent to an activating group) is 1. The molecular weight excluding hydrogens is 234 g/mol. The molecule has 96 valence electrons. The average Bonchev–Trinajstić information content (AvgIpc) is 2.86. The molecule has 0 radical (unpaired) electrons. The number of ether oxygens (including phenoxy) is 1. The summed E-state index contributed by atoms with van der Waals surface area (Å²) >= 11 is 1.75.